The van der Waals surface area contributed by atoms with Crippen LogP contribution in [0.2, 0.25) is 0 Å². The van der Waals surface area contributed by atoms with Crippen molar-refractivity contribution in [1.29, 1.82) is 0 Å². The summed E-state index contributed by atoms with van der Waals surface area (Å²) in [5, 5.41) is 20.3. The first-order valence-electron chi connectivity index (χ1n) is 23.5. The van der Waals surface area contributed by atoms with Gasteiger partial charge < -0.3 is 60.8 Å². The van der Waals surface area contributed by atoms with Gasteiger partial charge in [0.05, 0.1) is 14.2 Å². The number of amides is 5. The van der Waals surface area contributed by atoms with Crippen LogP contribution in [0.15, 0.2) is 108 Å². The lowest BCUT2D eigenvalue weighted by Crippen LogP contribution is -2.57. The predicted molar refractivity (Wildman–Crippen MR) is 269 cm³/mol. The first-order chi connectivity index (χ1) is 34.4. The largest absolute Gasteiger partial charge is 0.493 e. The summed E-state index contributed by atoms with van der Waals surface area (Å²) in [4.78, 5) is 93.7. The number of hydrogen-bond donors (Lipinski definition) is 8. The summed E-state index contributed by atoms with van der Waals surface area (Å²) in [5.74, 6) is -3.01. The van der Waals surface area contributed by atoms with Crippen molar-refractivity contribution in [1.82, 2.24) is 35.7 Å². The Morgan fingerprint density at radius 1 is 0.789 bits per heavy atom. The lowest BCUT2D eigenvalue weighted by Gasteiger charge is -2.31. The van der Waals surface area contributed by atoms with Gasteiger partial charge in [-0.3, -0.25) is 19.2 Å². The Morgan fingerprint density at radius 2 is 1.41 bits per heavy atom. The summed E-state index contributed by atoms with van der Waals surface area (Å²) in [6.07, 6.45) is 4.48. The maximum atomic E-state index is 14.8. The quantitative estimate of drug-likeness (QED) is 0.0305. The monoisotopic (exact) mass is 988 g/mol. The molecular formula is C52H60N8O10S. The van der Waals surface area contributed by atoms with Gasteiger partial charge in [-0.2, -0.15) is 0 Å². The summed E-state index contributed by atoms with van der Waals surface area (Å²) in [5.41, 5.74) is 10.1. The number of nitrogens with one attached hydrogen (secondary N) is 5. The number of likely N-dealkylation sites (tertiary alicyclic amines) is 1. The maximum Gasteiger partial charge on any atom is 0.408 e. The van der Waals surface area contributed by atoms with Crippen LogP contribution in [-0.2, 0) is 54.7 Å². The van der Waals surface area contributed by atoms with E-state index in [2.05, 4.69) is 38.5 Å². The number of rotatable bonds is 23. The number of nitrogens with two attached hydrogens (primary N) is 1. The average Bonchev–Trinajstić information content (AvgIpc) is 4.15. The summed E-state index contributed by atoms with van der Waals surface area (Å²) < 4.78 is 16.5. The van der Waals surface area contributed by atoms with Crippen molar-refractivity contribution in [2.24, 2.45) is 5.73 Å². The zero-order valence-electron chi connectivity index (χ0n) is 39.7. The predicted octanol–water partition coefficient (Wildman–Crippen LogP) is 5.24. The van der Waals surface area contributed by atoms with Crippen LogP contribution in [0.4, 0.5) is 4.79 Å². The number of alkyl carbamates (subject to hydrolysis) is 1. The van der Waals surface area contributed by atoms with Crippen LogP contribution in [-0.4, -0.2) is 119 Å². The fraction of sp³-hybridized carbons (Fsp3) is 0.346. The number of aliphatic carboxylic acids is 1. The molecule has 7 rings (SSSR count). The van der Waals surface area contributed by atoms with Gasteiger partial charge in [0.1, 0.15) is 37.3 Å². The molecule has 19 heteroatoms. The van der Waals surface area contributed by atoms with Gasteiger partial charge in [0, 0.05) is 65.0 Å². The number of unbranched alkanes of at least 4 members (excludes halogenated alkanes) is 1. The van der Waals surface area contributed by atoms with Crippen LogP contribution in [0.3, 0.4) is 0 Å². The molecule has 4 aromatic carbocycles. The summed E-state index contributed by atoms with van der Waals surface area (Å²) >= 11 is 4.68. The highest BCUT2D eigenvalue weighted by Gasteiger charge is 2.39. The minimum atomic E-state index is -1.35. The minimum absolute atomic E-state index is 0.00628. The SMILES string of the molecule is COc1cc(S)c(CN(CC(=O)N2CCC[C@H]2C(=O)N[C@@H](Cc2c[nH]c3ccccc23)C(=O)N[C@@H](Cc2c[nH]c3ccccc23)C(=O)O)C(=O)[C@H](CCCCN)NC(=O)OCc2ccccc2)cc1OC. The molecule has 2 aromatic heterocycles. The van der Waals surface area contributed by atoms with Crippen molar-refractivity contribution < 1.29 is 48.1 Å². The van der Waals surface area contributed by atoms with Crippen molar-refractivity contribution in [3.63, 3.8) is 0 Å². The molecule has 3 heterocycles. The van der Waals surface area contributed by atoms with E-state index in [1.165, 1.54) is 24.0 Å². The number of benzene rings is 4. The summed E-state index contributed by atoms with van der Waals surface area (Å²) in [6, 6.07) is 22.5. The van der Waals surface area contributed by atoms with E-state index in [4.69, 9.17) is 19.9 Å². The second-order valence-electron chi connectivity index (χ2n) is 17.4. The standard InChI is InChI=1S/C52H60N8O10S/c1-68-44-25-35(46(71)26-45(44)69-2)29-59(50(64)40(19-10-11-21-53)58-52(67)70-31-32-13-4-3-5-14-32)30-47(61)60-22-12-20-43(60)49(63)56-41(23-33-27-54-38-17-8-6-15-36(33)38)48(62)57-42(51(65)66)24-34-28-55-39-18-9-7-16-37(34)39/h3-9,13-18,25-28,40-43,54-55,71H,10-12,19-24,29-31,53H2,1-2H3,(H,56,63)(H,57,62)(H,58,67)(H,65,66)/t40-,41-,42-,43-/m0/s1. The number of carboxylic acid groups (broad SMARTS) is 1. The van der Waals surface area contributed by atoms with E-state index < -0.39 is 66.4 Å². The highest BCUT2D eigenvalue weighted by atomic mass is 32.1. The number of fused-ring (bicyclic) bond motifs is 2. The molecule has 0 saturated carbocycles. The van der Waals surface area contributed by atoms with Crippen LogP contribution >= 0.6 is 12.6 Å². The first kappa shape index (κ1) is 51.3. The Labute approximate surface area is 416 Å². The van der Waals surface area contributed by atoms with Crippen molar-refractivity contribution in [3.8, 4) is 11.5 Å². The van der Waals surface area contributed by atoms with Gasteiger partial charge in [0.2, 0.25) is 23.6 Å². The molecule has 0 radical (unpaired) electrons. The number of thiol groups is 1. The van der Waals surface area contributed by atoms with E-state index in [9.17, 15) is 33.9 Å². The van der Waals surface area contributed by atoms with Crippen molar-refractivity contribution in [2.75, 3.05) is 33.9 Å². The number of aromatic nitrogens is 2. The molecule has 0 aliphatic carbocycles. The Morgan fingerprint density at radius 3 is 2.04 bits per heavy atom. The third-order valence-electron chi connectivity index (χ3n) is 12.7. The lowest BCUT2D eigenvalue weighted by molar-refractivity contribution is -0.145. The normalized spacial score (nSPS) is 14.6. The van der Waals surface area contributed by atoms with Gasteiger partial charge in [0.15, 0.2) is 11.5 Å². The molecule has 0 bridgehead atoms. The Kier molecular flexibility index (Phi) is 17.6. The van der Waals surface area contributed by atoms with E-state index in [1.54, 1.807) is 36.7 Å². The number of methoxy groups -OCH3 is 2. The second-order valence-corrected chi connectivity index (χ2v) is 17.9. The molecule has 71 heavy (non-hydrogen) atoms. The maximum absolute atomic E-state index is 14.8. The molecule has 0 unspecified atom stereocenters. The highest BCUT2D eigenvalue weighted by Crippen LogP contribution is 2.33. The van der Waals surface area contributed by atoms with Gasteiger partial charge in [-0.05, 0) is 85.2 Å². The molecule has 374 valence electrons. The molecule has 1 aliphatic rings. The number of para-hydroxylation sites is 2. The Bertz CT molecular complexity index is 2830. The van der Waals surface area contributed by atoms with Gasteiger partial charge >= 0.3 is 12.1 Å². The van der Waals surface area contributed by atoms with Gasteiger partial charge in [-0.1, -0.05) is 66.7 Å². The zero-order valence-corrected chi connectivity index (χ0v) is 40.5. The number of nitrogens with zero attached hydrogens (tertiary/aromatic N) is 2. The van der Waals surface area contributed by atoms with Gasteiger partial charge in [-0.15, -0.1) is 12.6 Å². The highest BCUT2D eigenvalue weighted by molar-refractivity contribution is 7.80. The molecule has 6 aromatic rings. The molecule has 0 spiro atoms. The Hall–Kier alpha value is -7.51. The van der Waals surface area contributed by atoms with E-state index in [0.29, 0.717) is 58.9 Å². The van der Waals surface area contributed by atoms with Gasteiger partial charge in [-0.25, -0.2) is 9.59 Å². The number of H-pyrrole nitrogens is 2. The number of carboxylic acids is 1. The molecule has 1 aliphatic heterocycles. The Balaban J connectivity index is 1.13. The number of carbonyl (C=O) groups excluding carboxylic acids is 5. The van der Waals surface area contributed by atoms with E-state index in [0.717, 1.165) is 27.4 Å². The van der Waals surface area contributed by atoms with Crippen LogP contribution < -0.4 is 31.2 Å². The lowest BCUT2D eigenvalue weighted by atomic mass is 10.0. The minimum Gasteiger partial charge on any atom is -0.493 e. The third kappa shape index (κ3) is 13.0. The second kappa shape index (κ2) is 24.4. The smallest absolute Gasteiger partial charge is 0.408 e. The van der Waals surface area contributed by atoms with Crippen LogP contribution in [0.5, 0.6) is 11.5 Å². The fourth-order valence-corrected chi connectivity index (χ4v) is 9.17. The third-order valence-corrected chi connectivity index (χ3v) is 13.1. The molecule has 4 atom stereocenters. The zero-order chi connectivity index (χ0) is 50.4. The molecule has 1 fully saturated rings. The molecule has 8 N–H and O–H groups in total. The molecular weight excluding hydrogens is 929 g/mol. The van der Waals surface area contributed by atoms with Crippen LogP contribution in [0, 0.1) is 0 Å². The number of carbonyl (C=O) groups is 6. The number of hydrogen-bond acceptors (Lipinski definition) is 11. The fourth-order valence-electron chi connectivity index (χ4n) is 8.91. The van der Waals surface area contributed by atoms with E-state index >= 15 is 0 Å². The average molecular weight is 989 g/mol. The van der Waals surface area contributed by atoms with Crippen molar-refractivity contribution in [3.05, 3.63) is 126 Å². The first-order valence-corrected chi connectivity index (χ1v) is 23.9. The van der Waals surface area contributed by atoms with Crippen LogP contribution in [0.25, 0.3) is 21.8 Å². The van der Waals surface area contributed by atoms with Crippen molar-refractivity contribution in [2.45, 2.75) is 87.2 Å². The van der Waals surface area contributed by atoms with E-state index in [1.807, 2.05) is 66.7 Å². The summed E-state index contributed by atoms with van der Waals surface area (Å²) in [7, 11) is 2.94. The topological polar surface area (TPSA) is 251 Å². The number of aromatic amines is 2. The molecule has 1 saturated heterocycles. The van der Waals surface area contributed by atoms with E-state index in [-0.39, 0.29) is 45.4 Å². The number of ether oxygens (including phenoxy) is 3. The van der Waals surface area contributed by atoms with Crippen LogP contribution in [0.1, 0.15) is 54.4 Å². The molecule has 5 amide bonds. The van der Waals surface area contributed by atoms with Gasteiger partial charge in [0.25, 0.3) is 0 Å². The summed E-state index contributed by atoms with van der Waals surface area (Å²) in [6.45, 7) is -0.183. The molecule has 18 nitrogen and oxygen atoms in total. The van der Waals surface area contributed by atoms with Crippen molar-refractivity contribution >= 4 is 70.1 Å².